The molecule has 1 aliphatic carbocycles. The molecule has 0 aromatic rings. The van der Waals surface area contributed by atoms with Crippen molar-refractivity contribution < 1.29 is 24.5 Å². The SMILES string of the molecule is COC(=O)C1=COC=C2C(C)(O)CCC12O. The summed E-state index contributed by atoms with van der Waals surface area (Å²) < 4.78 is 9.55. The maximum Gasteiger partial charge on any atom is 0.340 e. The van der Waals surface area contributed by atoms with Gasteiger partial charge in [0.25, 0.3) is 0 Å². The molecule has 16 heavy (non-hydrogen) atoms. The summed E-state index contributed by atoms with van der Waals surface area (Å²) in [6.07, 6.45) is 3.10. The number of carbonyl (C=O) groups excluding carboxylic acids is 1. The minimum Gasteiger partial charge on any atom is -0.472 e. The summed E-state index contributed by atoms with van der Waals surface area (Å²) in [6, 6.07) is 0. The van der Waals surface area contributed by atoms with Gasteiger partial charge in [0, 0.05) is 5.57 Å². The fourth-order valence-electron chi connectivity index (χ4n) is 2.24. The molecule has 0 spiro atoms. The van der Waals surface area contributed by atoms with E-state index < -0.39 is 17.2 Å². The van der Waals surface area contributed by atoms with Gasteiger partial charge in [0.15, 0.2) is 0 Å². The van der Waals surface area contributed by atoms with Gasteiger partial charge in [0.05, 0.1) is 19.0 Å². The van der Waals surface area contributed by atoms with Crippen LogP contribution in [0, 0.1) is 0 Å². The Morgan fingerprint density at radius 1 is 1.44 bits per heavy atom. The number of hydrogen-bond acceptors (Lipinski definition) is 5. The van der Waals surface area contributed by atoms with Crippen LogP contribution >= 0.6 is 0 Å². The fraction of sp³-hybridized carbons (Fsp3) is 0.545. The molecule has 88 valence electrons. The first-order valence-corrected chi connectivity index (χ1v) is 5.02. The lowest BCUT2D eigenvalue weighted by atomic mass is 9.85. The highest BCUT2D eigenvalue weighted by molar-refractivity contribution is 5.92. The van der Waals surface area contributed by atoms with Gasteiger partial charge in [0.2, 0.25) is 0 Å². The van der Waals surface area contributed by atoms with Crippen molar-refractivity contribution in [1.82, 2.24) is 0 Å². The molecular formula is C11H14O5. The zero-order chi connectivity index (χ0) is 12.0. The predicted octanol–water partition coefficient (Wildman–Crippen LogP) is 0.233. The number of carbonyl (C=O) groups is 1. The van der Waals surface area contributed by atoms with Gasteiger partial charge in [-0.25, -0.2) is 4.79 Å². The Kier molecular flexibility index (Phi) is 2.32. The molecule has 0 saturated heterocycles. The van der Waals surface area contributed by atoms with Gasteiger partial charge in [-0.3, -0.25) is 0 Å². The highest BCUT2D eigenvalue weighted by atomic mass is 16.5. The Morgan fingerprint density at radius 2 is 2.12 bits per heavy atom. The molecule has 2 rings (SSSR count). The number of aliphatic hydroxyl groups is 2. The number of esters is 1. The number of rotatable bonds is 1. The fourth-order valence-corrected chi connectivity index (χ4v) is 2.24. The molecule has 1 fully saturated rings. The quantitative estimate of drug-likeness (QED) is 0.626. The van der Waals surface area contributed by atoms with Crippen LogP contribution in [-0.4, -0.2) is 34.5 Å². The molecule has 1 heterocycles. The molecule has 0 aromatic carbocycles. The van der Waals surface area contributed by atoms with Crippen LogP contribution in [0.4, 0.5) is 0 Å². The van der Waals surface area contributed by atoms with Crippen molar-refractivity contribution in [2.45, 2.75) is 31.0 Å². The summed E-state index contributed by atoms with van der Waals surface area (Å²) in [5, 5.41) is 20.5. The third-order valence-electron chi connectivity index (χ3n) is 3.22. The summed E-state index contributed by atoms with van der Waals surface area (Å²) in [4.78, 5) is 11.5. The van der Waals surface area contributed by atoms with Crippen molar-refractivity contribution in [3.05, 3.63) is 23.7 Å². The average molecular weight is 226 g/mol. The van der Waals surface area contributed by atoms with E-state index in [2.05, 4.69) is 4.74 Å². The molecule has 0 bridgehead atoms. The Balaban J connectivity index is 2.42. The van der Waals surface area contributed by atoms with E-state index in [4.69, 9.17) is 4.74 Å². The maximum atomic E-state index is 11.5. The van der Waals surface area contributed by atoms with Crippen LogP contribution in [-0.2, 0) is 14.3 Å². The van der Waals surface area contributed by atoms with Gasteiger partial charge in [-0.15, -0.1) is 0 Å². The molecule has 2 aliphatic rings. The van der Waals surface area contributed by atoms with Crippen molar-refractivity contribution in [3.8, 4) is 0 Å². The summed E-state index contributed by atoms with van der Waals surface area (Å²) in [5.41, 5.74) is -2.27. The third-order valence-corrected chi connectivity index (χ3v) is 3.22. The Hall–Kier alpha value is -1.33. The molecule has 2 N–H and O–H groups in total. The van der Waals surface area contributed by atoms with E-state index >= 15 is 0 Å². The monoisotopic (exact) mass is 226 g/mol. The molecule has 2 atom stereocenters. The van der Waals surface area contributed by atoms with Crippen molar-refractivity contribution in [3.63, 3.8) is 0 Å². The molecule has 2 unspecified atom stereocenters. The summed E-state index contributed by atoms with van der Waals surface area (Å²) in [7, 11) is 1.23. The third kappa shape index (κ3) is 1.36. The molecular weight excluding hydrogens is 212 g/mol. The predicted molar refractivity (Wildman–Crippen MR) is 54.1 cm³/mol. The van der Waals surface area contributed by atoms with Gasteiger partial charge in [-0.1, -0.05) is 0 Å². The first-order valence-electron chi connectivity index (χ1n) is 5.02. The average Bonchev–Trinajstić information content (AvgIpc) is 2.49. The maximum absolute atomic E-state index is 11.5. The van der Waals surface area contributed by atoms with Gasteiger partial charge in [0.1, 0.15) is 17.4 Å². The second-order valence-corrected chi connectivity index (χ2v) is 4.32. The van der Waals surface area contributed by atoms with Crippen molar-refractivity contribution >= 4 is 5.97 Å². The highest BCUT2D eigenvalue weighted by Crippen LogP contribution is 2.48. The van der Waals surface area contributed by atoms with Gasteiger partial charge >= 0.3 is 5.97 Å². The van der Waals surface area contributed by atoms with E-state index in [1.54, 1.807) is 6.92 Å². The molecule has 1 saturated carbocycles. The zero-order valence-electron chi connectivity index (χ0n) is 9.19. The lowest BCUT2D eigenvalue weighted by Gasteiger charge is -2.31. The molecule has 0 radical (unpaired) electrons. The molecule has 5 heteroatoms. The summed E-state index contributed by atoms with van der Waals surface area (Å²) in [6.45, 7) is 1.58. The number of fused-ring (bicyclic) bond motifs is 1. The van der Waals surface area contributed by atoms with E-state index in [1.807, 2.05) is 0 Å². The van der Waals surface area contributed by atoms with E-state index in [-0.39, 0.29) is 12.0 Å². The molecule has 5 nitrogen and oxygen atoms in total. The first kappa shape index (κ1) is 11.2. The number of ether oxygens (including phenoxy) is 2. The van der Waals surface area contributed by atoms with Crippen LogP contribution in [0.3, 0.4) is 0 Å². The number of hydrogen-bond donors (Lipinski definition) is 2. The molecule has 0 aromatic heterocycles. The Labute approximate surface area is 93.0 Å². The smallest absolute Gasteiger partial charge is 0.340 e. The zero-order valence-corrected chi connectivity index (χ0v) is 9.19. The van der Waals surface area contributed by atoms with Gasteiger partial charge in [-0.2, -0.15) is 0 Å². The van der Waals surface area contributed by atoms with Gasteiger partial charge in [-0.05, 0) is 19.8 Å². The second kappa shape index (κ2) is 3.33. The van der Waals surface area contributed by atoms with Crippen LogP contribution in [0.15, 0.2) is 23.7 Å². The Morgan fingerprint density at radius 3 is 2.75 bits per heavy atom. The van der Waals surface area contributed by atoms with E-state index in [9.17, 15) is 15.0 Å². The normalized spacial score (nSPS) is 37.0. The number of methoxy groups -OCH3 is 1. The van der Waals surface area contributed by atoms with Crippen LogP contribution in [0.25, 0.3) is 0 Å². The standard InChI is InChI=1S/C11H14O5/c1-10(13)3-4-11(14)7(9(12)15-2)5-16-6-8(10)11/h5-6,13-14H,3-4H2,1-2H3. The largest absolute Gasteiger partial charge is 0.472 e. The van der Waals surface area contributed by atoms with Crippen LogP contribution in [0.1, 0.15) is 19.8 Å². The van der Waals surface area contributed by atoms with Crippen molar-refractivity contribution in [2.24, 2.45) is 0 Å². The molecule has 0 amide bonds. The Bertz CT molecular complexity index is 393. The lowest BCUT2D eigenvalue weighted by Crippen LogP contribution is -2.40. The summed E-state index contributed by atoms with van der Waals surface area (Å²) in [5.74, 6) is -0.647. The summed E-state index contributed by atoms with van der Waals surface area (Å²) >= 11 is 0. The van der Waals surface area contributed by atoms with Crippen LogP contribution < -0.4 is 0 Å². The lowest BCUT2D eigenvalue weighted by molar-refractivity contribution is -0.138. The van der Waals surface area contributed by atoms with Crippen LogP contribution in [0.5, 0.6) is 0 Å². The van der Waals surface area contributed by atoms with E-state index in [0.717, 1.165) is 6.26 Å². The molecule has 1 aliphatic heterocycles. The van der Waals surface area contributed by atoms with Crippen molar-refractivity contribution in [1.29, 1.82) is 0 Å². The minimum absolute atomic E-state index is 0.0327. The first-order chi connectivity index (χ1) is 7.42. The van der Waals surface area contributed by atoms with Crippen molar-refractivity contribution in [2.75, 3.05) is 7.11 Å². The second-order valence-electron chi connectivity index (χ2n) is 4.32. The van der Waals surface area contributed by atoms with E-state index in [1.165, 1.54) is 13.4 Å². The topological polar surface area (TPSA) is 76.0 Å². The van der Waals surface area contributed by atoms with Crippen LogP contribution in [0.2, 0.25) is 0 Å². The minimum atomic E-state index is -1.46. The highest BCUT2D eigenvalue weighted by Gasteiger charge is 2.54. The van der Waals surface area contributed by atoms with Gasteiger partial charge < -0.3 is 19.7 Å². The van der Waals surface area contributed by atoms with E-state index in [0.29, 0.717) is 12.0 Å².